The fraction of sp³-hybridized carbons (Fsp3) is 0.263. The Bertz CT molecular complexity index is 897. The van der Waals surface area contributed by atoms with Crippen molar-refractivity contribution in [2.75, 3.05) is 37.6 Å². The van der Waals surface area contributed by atoms with Gasteiger partial charge in [0.1, 0.15) is 11.5 Å². The molecule has 1 saturated heterocycles. The predicted molar refractivity (Wildman–Crippen MR) is 101 cm³/mol. The number of rotatable bonds is 5. The van der Waals surface area contributed by atoms with E-state index < -0.39 is 16.6 Å². The number of benzene rings is 2. The van der Waals surface area contributed by atoms with Gasteiger partial charge < -0.3 is 15.1 Å². The number of amides is 2. The Morgan fingerprint density at radius 2 is 1.68 bits per heavy atom. The first kappa shape index (κ1) is 19.3. The molecule has 1 aliphatic heterocycles. The minimum atomic E-state index is -0.648. The average Bonchev–Trinajstić information content (AvgIpc) is 2.72. The first-order valence-corrected chi connectivity index (χ1v) is 8.76. The van der Waals surface area contributed by atoms with E-state index in [9.17, 15) is 24.1 Å². The Balaban J connectivity index is 1.54. The van der Waals surface area contributed by atoms with Gasteiger partial charge in [-0.3, -0.25) is 19.7 Å². The molecule has 0 radical (unpaired) electrons. The summed E-state index contributed by atoms with van der Waals surface area (Å²) < 4.78 is 13.6. The van der Waals surface area contributed by atoms with Crippen LogP contribution in [0.2, 0.25) is 0 Å². The number of carbonyl (C=O) groups is 2. The number of nitrogens with zero attached hydrogens (tertiary/aromatic N) is 3. The zero-order valence-electron chi connectivity index (χ0n) is 15.0. The first-order valence-electron chi connectivity index (χ1n) is 8.76. The highest BCUT2D eigenvalue weighted by Gasteiger charge is 2.25. The minimum Gasteiger partial charge on any atom is -0.362 e. The molecule has 0 bridgehead atoms. The van der Waals surface area contributed by atoms with Crippen molar-refractivity contribution in [2.24, 2.45) is 0 Å². The molecule has 146 valence electrons. The second-order valence-corrected chi connectivity index (χ2v) is 6.28. The number of nitrogens with one attached hydrogen (secondary N) is 1. The maximum absolute atomic E-state index is 13.6. The molecule has 0 spiro atoms. The molecule has 28 heavy (non-hydrogen) atoms. The van der Waals surface area contributed by atoms with E-state index in [2.05, 4.69) is 5.32 Å². The number of nitro benzene ring substituents is 1. The van der Waals surface area contributed by atoms with Crippen LogP contribution in [-0.2, 0) is 4.79 Å². The van der Waals surface area contributed by atoms with E-state index in [1.54, 1.807) is 29.2 Å². The maximum Gasteiger partial charge on any atom is 0.292 e. The van der Waals surface area contributed by atoms with E-state index >= 15 is 0 Å². The van der Waals surface area contributed by atoms with Crippen molar-refractivity contribution in [3.05, 3.63) is 70.0 Å². The molecule has 2 aromatic carbocycles. The topological polar surface area (TPSA) is 95.8 Å². The Kier molecular flexibility index (Phi) is 5.83. The monoisotopic (exact) mass is 386 g/mol. The minimum absolute atomic E-state index is 0.0272. The van der Waals surface area contributed by atoms with Gasteiger partial charge in [-0.05, 0) is 18.2 Å². The van der Waals surface area contributed by atoms with Gasteiger partial charge in [-0.1, -0.05) is 24.3 Å². The van der Waals surface area contributed by atoms with Crippen molar-refractivity contribution in [1.29, 1.82) is 0 Å². The Labute approximate surface area is 160 Å². The third kappa shape index (κ3) is 4.25. The lowest BCUT2D eigenvalue weighted by atomic mass is 10.2. The Hall–Kier alpha value is -3.49. The highest BCUT2D eigenvalue weighted by Crippen LogP contribution is 2.28. The zero-order chi connectivity index (χ0) is 20.1. The molecular weight excluding hydrogens is 367 g/mol. The second-order valence-electron chi connectivity index (χ2n) is 6.28. The zero-order valence-corrected chi connectivity index (χ0v) is 15.0. The van der Waals surface area contributed by atoms with Gasteiger partial charge in [-0.2, -0.15) is 0 Å². The van der Waals surface area contributed by atoms with Crippen molar-refractivity contribution in [3.8, 4) is 0 Å². The van der Waals surface area contributed by atoms with Crippen molar-refractivity contribution >= 4 is 23.2 Å². The number of carbonyl (C=O) groups excluding carboxylic acids is 2. The average molecular weight is 386 g/mol. The molecule has 2 amide bonds. The lowest BCUT2D eigenvalue weighted by Gasteiger charge is -2.35. The van der Waals surface area contributed by atoms with Gasteiger partial charge in [-0.25, -0.2) is 4.39 Å². The molecule has 8 nitrogen and oxygen atoms in total. The first-order chi connectivity index (χ1) is 13.5. The summed E-state index contributed by atoms with van der Waals surface area (Å²) in [5.41, 5.74) is 0.434. The molecule has 0 unspecified atom stereocenters. The third-order valence-corrected chi connectivity index (χ3v) is 4.57. The van der Waals surface area contributed by atoms with Crippen LogP contribution in [0, 0.1) is 15.9 Å². The van der Waals surface area contributed by atoms with Gasteiger partial charge in [0.15, 0.2) is 0 Å². The molecule has 3 rings (SSSR count). The molecule has 0 saturated carbocycles. The lowest BCUT2D eigenvalue weighted by molar-refractivity contribution is -0.384. The summed E-state index contributed by atoms with van der Waals surface area (Å²) >= 11 is 0. The van der Waals surface area contributed by atoms with Crippen molar-refractivity contribution < 1.29 is 18.9 Å². The van der Waals surface area contributed by atoms with Crippen LogP contribution < -0.4 is 10.2 Å². The highest BCUT2D eigenvalue weighted by molar-refractivity contribution is 5.96. The van der Waals surface area contributed by atoms with E-state index in [-0.39, 0.29) is 23.7 Å². The summed E-state index contributed by atoms with van der Waals surface area (Å²) in [6.45, 7) is 1.40. The molecule has 2 aromatic rings. The van der Waals surface area contributed by atoms with E-state index in [4.69, 9.17) is 0 Å². The smallest absolute Gasteiger partial charge is 0.292 e. The number of anilines is 1. The Morgan fingerprint density at radius 3 is 2.36 bits per heavy atom. The van der Waals surface area contributed by atoms with Crippen molar-refractivity contribution in [3.63, 3.8) is 0 Å². The summed E-state index contributed by atoms with van der Waals surface area (Å²) in [4.78, 5) is 38.5. The van der Waals surface area contributed by atoms with Crippen LogP contribution in [0.1, 0.15) is 10.4 Å². The summed E-state index contributed by atoms with van der Waals surface area (Å²) in [7, 11) is 0. The van der Waals surface area contributed by atoms with E-state index in [0.29, 0.717) is 31.9 Å². The van der Waals surface area contributed by atoms with Gasteiger partial charge in [-0.15, -0.1) is 0 Å². The van der Waals surface area contributed by atoms with Crippen LogP contribution in [-0.4, -0.2) is 54.4 Å². The van der Waals surface area contributed by atoms with Gasteiger partial charge >= 0.3 is 0 Å². The number of hydrogen-bond acceptors (Lipinski definition) is 5. The van der Waals surface area contributed by atoms with Crippen LogP contribution >= 0.6 is 0 Å². The second kappa shape index (κ2) is 8.47. The summed E-state index contributed by atoms with van der Waals surface area (Å²) in [5, 5.41) is 13.6. The molecule has 0 aromatic heterocycles. The van der Waals surface area contributed by atoms with Crippen LogP contribution in [0.5, 0.6) is 0 Å². The van der Waals surface area contributed by atoms with Crippen LogP contribution in [0.15, 0.2) is 48.5 Å². The Morgan fingerprint density at radius 1 is 1.04 bits per heavy atom. The van der Waals surface area contributed by atoms with Gasteiger partial charge in [0.05, 0.1) is 17.0 Å². The van der Waals surface area contributed by atoms with Crippen LogP contribution in [0.3, 0.4) is 0 Å². The third-order valence-electron chi connectivity index (χ3n) is 4.57. The SMILES string of the molecule is O=C(NCC(=O)N1CCN(c2ccccc2[N+](=O)[O-])CC1)c1ccccc1F. The maximum atomic E-state index is 13.6. The molecule has 0 aliphatic carbocycles. The lowest BCUT2D eigenvalue weighted by Crippen LogP contribution is -2.51. The highest BCUT2D eigenvalue weighted by atomic mass is 19.1. The molecule has 1 fully saturated rings. The number of piperazine rings is 1. The summed E-state index contributed by atoms with van der Waals surface area (Å²) in [5.74, 6) is -1.58. The number of nitro groups is 1. The number of halogens is 1. The van der Waals surface area contributed by atoms with Gasteiger partial charge in [0, 0.05) is 32.2 Å². The molecule has 1 aliphatic rings. The summed E-state index contributed by atoms with van der Waals surface area (Å²) in [6.07, 6.45) is 0. The van der Waals surface area contributed by atoms with E-state index in [1.807, 2.05) is 4.90 Å². The molecule has 9 heteroatoms. The molecule has 1 heterocycles. The van der Waals surface area contributed by atoms with Gasteiger partial charge in [0.25, 0.3) is 11.6 Å². The normalized spacial score (nSPS) is 13.9. The largest absolute Gasteiger partial charge is 0.362 e. The van der Waals surface area contributed by atoms with Crippen molar-refractivity contribution in [2.45, 2.75) is 0 Å². The standard InChI is InChI=1S/C19H19FN4O4/c20-15-6-2-1-5-14(15)19(26)21-13-18(25)23-11-9-22(10-12-23)16-7-3-4-8-17(16)24(27)28/h1-8H,9-13H2,(H,21,26). The fourth-order valence-electron chi connectivity index (χ4n) is 3.09. The van der Waals surface area contributed by atoms with E-state index in [0.717, 1.165) is 0 Å². The number of para-hydroxylation sites is 2. The molecular formula is C19H19FN4O4. The van der Waals surface area contributed by atoms with Crippen molar-refractivity contribution in [1.82, 2.24) is 10.2 Å². The summed E-state index contributed by atoms with van der Waals surface area (Å²) in [6, 6.07) is 12.0. The molecule has 0 atom stereocenters. The quantitative estimate of drug-likeness (QED) is 0.625. The predicted octanol–water partition coefficient (Wildman–Crippen LogP) is 1.81. The van der Waals surface area contributed by atoms with Gasteiger partial charge in [0.2, 0.25) is 5.91 Å². The van der Waals surface area contributed by atoms with Crippen LogP contribution in [0.4, 0.5) is 15.8 Å². The number of hydrogen-bond donors (Lipinski definition) is 1. The van der Waals surface area contributed by atoms with Crippen LogP contribution in [0.25, 0.3) is 0 Å². The van der Waals surface area contributed by atoms with E-state index in [1.165, 1.54) is 24.3 Å². The fourth-order valence-corrected chi connectivity index (χ4v) is 3.09. The molecule has 1 N–H and O–H groups in total.